The Morgan fingerprint density at radius 1 is 1.18 bits per heavy atom. The smallest absolute Gasteiger partial charge is 0.233 e. The summed E-state index contributed by atoms with van der Waals surface area (Å²) in [7, 11) is 0. The Hall–Kier alpha value is -2.67. The molecule has 0 saturated heterocycles. The van der Waals surface area contributed by atoms with Crippen LogP contribution in [0, 0.1) is 12.7 Å². The van der Waals surface area contributed by atoms with Crippen LogP contribution < -0.4 is 5.32 Å². The van der Waals surface area contributed by atoms with E-state index in [4.69, 9.17) is 0 Å². The average molecular weight is 399 g/mol. The van der Waals surface area contributed by atoms with Crippen LogP contribution in [-0.2, 0) is 17.9 Å². The molecule has 7 heteroatoms. The topological polar surface area (TPSA) is 59.8 Å². The van der Waals surface area contributed by atoms with Gasteiger partial charge < -0.3 is 9.88 Å². The van der Waals surface area contributed by atoms with Crippen LogP contribution in [0.2, 0.25) is 0 Å². The van der Waals surface area contributed by atoms with Gasteiger partial charge in [0, 0.05) is 18.7 Å². The molecule has 0 bridgehead atoms. The Bertz CT molecular complexity index is 955. The maximum absolute atomic E-state index is 13.0. The third-order valence-corrected chi connectivity index (χ3v) is 5.53. The SMILES string of the molecule is CCn1c(S[C@H](C)C(=O)NCc2ccc(F)cc2)nnc1-c1ccccc1C. The van der Waals surface area contributed by atoms with E-state index in [0.29, 0.717) is 18.2 Å². The fourth-order valence-electron chi connectivity index (χ4n) is 2.83. The average Bonchev–Trinajstić information content (AvgIpc) is 3.09. The molecule has 2 aromatic carbocycles. The number of aromatic nitrogens is 3. The minimum absolute atomic E-state index is 0.0996. The molecular formula is C21H23FN4OS. The zero-order chi connectivity index (χ0) is 20.1. The van der Waals surface area contributed by atoms with Gasteiger partial charge in [0.2, 0.25) is 5.91 Å². The number of rotatable bonds is 7. The molecule has 0 saturated carbocycles. The number of nitrogens with one attached hydrogen (secondary N) is 1. The summed E-state index contributed by atoms with van der Waals surface area (Å²) in [5.74, 6) is 0.418. The second-order valence-corrected chi connectivity index (χ2v) is 7.78. The van der Waals surface area contributed by atoms with Gasteiger partial charge in [-0.3, -0.25) is 4.79 Å². The highest BCUT2D eigenvalue weighted by Crippen LogP contribution is 2.28. The Morgan fingerprint density at radius 3 is 2.57 bits per heavy atom. The van der Waals surface area contributed by atoms with Crippen molar-refractivity contribution in [2.45, 2.75) is 44.3 Å². The van der Waals surface area contributed by atoms with Gasteiger partial charge in [0.1, 0.15) is 5.82 Å². The van der Waals surface area contributed by atoms with Crippen molar-refractivity contribution < 1.29 is 9.18 Å². The first-order valence-corrected chi connectivity index (χ1v) is 10.1. The summed E-state index contributed by atoms with van der Waals surface area (Å²) in [6.07, 6.45) is 0. The lowest BCUT2D eigenvalue weighted by Gasteiger charge is -2.13. The third-order valence-electron chi connectivity index (χ3n) is 4.45. The summed E-state index contributed by atoms with van der Waals surface area (Å²) < 4.78 is 15.0. The molecule has 3 aromatic rings. The van der Waals surface area contributed by atoms with Crippen LogP contribution in [0.4, 0.5) is 4.39 Å². The second-order valence-electron chi connectivity index (χ2n) is 6.47. The maximum atomic E-state index is 13.0. The number of halogens is 1. The molecule has 1 atom stereocenters. The molecule has 0 aliphatic rings. The molecule has 5 nitrogen and oxygen atoms in total. The fourth-order valence-corrected chi connectivity index (χ4v) is 3.77. The highest BCUT2D eigenvalue weighted by atomic mass is 32.2. The van der Waals surface area contributed by atoms with Crippen molar-refractivity contribution in [3.8, 4) is 11.4 Å². The molecule has 3 rings (SSSR count). The van der Waals surface area contributed by atoms with Gasteiger partial charge in [0.25, 0.3) is 0 Å². The Balaban J connectivity index is 1.68. The van der Waals surface area contributed by atoms with Crippen LogP contribution in [0.5, 0.6) is 0 Å². The molecule has 0 radical (unpaired) electrons. The molecule has 1 heterocycles. The Kier molecular flexibility index (Phi) is 6.46. The molecule has 0 fully saturated rings. The van der Waals surface area contributed by atoms with Crippen molar-refractivity contribution in [1.29, 1.82) is 0 Å². The van der Waals surface area contributed by atoms with Gasteiger partial charge >= 0.3 is 0 Å². The molecule has 146 valence electrons. The zero-order valence-corrected chi connectivity index (χ0v) is 17.0. The quantitative estimate of drug-likeness (QED) is 0.606. The first kappa shape index (κ1) is 20.1. The van der Waals surface area contributed by atoms with Crippen LogP contribution >= 0.6 is 11.8 Å². The van der Waals surface area contributed by atoms with E-state index in [1.807, 2.05) is 49.6 Å². The van der Waals surface area contributed by atoms with Gasteiger partial charge in [-0.1, -0.05) is 48.2 Å². The molecule has 1 amide bonds. The monoisotopic (exact) mass is 398 g/mol. The van der Waals surface area contributed by atoms with Gasteiger partial charge in [-0.15, -0.1) is 10.2 Å². The standard InChI is InChI=1S/C21H23FN4OS/c1-4-26-19(18-8-6-5-7-14(18)2)24-25-21(26)28-15(3)20(27)23-13-16-9-11-17(22)12-10-16/h5-12,15H,4,13H2,1-3H3,(H,23,27)/t15-/m1/s1. The number of carbonyl (C=O) groups excluding carboxylic acids is 1. The first-order valence-electron chi connectivity index (χ1n) is 9.17. The van der Waals surface area contributed by atoms with Crippen molar-refractivity contribution in [2.24, 2.45) is 0 Å². The van der Waals surface area contributed by atoms with E-state index in [9.17, 15) is 9.18 Å². The number of aryl methyl sites for hydroxylation is 1. The van der Waals surface area contributed by atoms with Crippen LogP contribution in [0.25, 0.3) is 11.4 Å². The molecule has 0 aliphatic heterocycles. The number of amides is 1. The molecule has 1 N–H and O–H groups in total. The van der Waals surface area contributed by atoms with Gasteiger partial charge in [0.15, 0.2) is 11.0 Å². The fraction of sp³-hybridized carbons (Fsp3) is 0.286. The predicted octanol–water partition coefficient (Wildman–Crippen LogP) is 4.21. The molecule has 0 aliphatic carbocycles. The number of benzene rings is 2. The van der Waals surface area contributed by atoms with Gasteiger partial charge in [-0.05, 0) is 44.0 Å². The van der Waals surface area contributed by atoms with E-state index in [1.54, 1.807) is 12.1 Å². The number of hydrogen-bond acceptors (Lipinski definition) is 4. The van der Waals surface area contributed by atoms with Crippen LogP contribution in [0.3, 0.4) is 0 Å². The number of hydrogen-bond donors (Lipinski definition) is 1. The van der Waals surface area contributed by atoms with Crippen LogP contribution in [0.15, 0.2) is 53.7 Å². The lowest BCUT2D eigenvalue weighted by molar-refractivity contribution is -0.120. The van der Waals surface area contributed by atoms with Crippen molar-refractivity contribution in [3.63, 3.8) is 0 Å². The van der Waals surface area contributed by atoms with Crippen molar-refractivity contribution in [3.05, 3.63) is 65.5 Å². The summed E-state index contributed by atoms with van der Waals surface area (Å²) in [6.45, 7) is 6.99. The molecule has 0 unspecified atom stereocenters. The number of nitrogens with zero attached hydrogens (tertiary/aromatic N) is 3. The zero-order valence-electron chi connectivity index (χ0n) is 16.1. The largest absolute Gasteiger partial charge is 0.351 e. The summed E-state index contributed by atoms with van der Waals surface area (Å²) in [5.41, 5.74) is 3.02. The van der Waals surface area contributed by atoms with Crippen molar-refractivity contribution in [1.82, 2.24) is 20.1 Å². The van der Waals surface area contributed by atoms with Gasteiger partial charge in [-0.2, -0.15) is 0 Å². The lowest BCUT2D eigenvalue weighted by atomic mass is 10.1. The minimum atomic E-state index is -0.334. The highest BCUT2D eigenvalue weighted by Gasteiger charge is 2.20. The van der Waals surface area contributed by atoms with Gasteiger partial charge in [0.05, 0.1) is 5.25 Å². The number of thioether (sulfide) groups is 1. The van der Waals surface area contributed by atoms with E-state index in [-0.39, 0.29) is 17.0 Å². The van der Waals surface area contributed by atoms with E-state index < -0.39 is 0 Å². The van der Waals surface area contributed by atoms with Crippen LogP contribution in [0.1, 0.15) is 25.0 Å². The number of carbonyl (C=O) groups is 1. The van der Waals surface area contributed by atoms with Crippen LogP contribution in [-0.4, -0.2) is 25.9 Å². The second kappa shape index (κ2) is 9.01. The Labute approximate surface area is 168 Å². The highest BCUT2D eigenvalue weighted by molar-refractivity contribution is 8.00. The normalized spacial score (nSPS) is 12.0. The lowest BCUT2D eigenvalue weighted by Crippen LogP contribution is -2.30. The third kappa shape index (κ3) is 4.59. The maximum Gasteiger partial charge on any atom is 0.233 e. The minimum Gasteiger partial charge on any atom is -0.351 e. The summed E-state index contributed by atoms with van der Waals surface area (Å²) in [4.78, 5) is 12.5. The van der Waals surface area contributed by atoms with E-state index >= 15 is 0 Å². The Morgan fingerprint density at radius 2 is 1.89 bits per heavy atom. The summed E-state index contributed by atoms with van der Waals surface area (Å²) >= 11 is 1.38. The van der Waals surface area contributed by atoms with Gasteiger partial charge in [-0.25, -0.2) is 4.39 Å². The summed E-state index contributed by atoms with van der Waals surface area (Å²) in [6, 6.07) is 14.1. The van der Waals surface area contributed by atoms with E-state index in [0.717, 1.165) is 22.5 Å². The van der Waals surface area contributed by atoms with E-state index in [1.165, 1.54) is 23.9 Å². The van der Waals surface area contributed by atoms with Crippen molar-refractivity contribution in [2.75, 3.05) is 0 Å². The first-order chi connectivity index (χ1) is 13.5. The van der Waals surface area contributed by atoms with Crippen molar-refractivity contribution >= 4 is 17.7 Å². The molecular weight excluding hydrogens is 375 g/mol. The predicted molar refractivity (Wildman–Crippen MR) is 109 cm³/mol. The molecule has 0 spiro atoms. The summed E-state index contributed by atoms with van der Waals surface area (Å²) in [5, 5.41) is 11.9. The van der Waals surface area contributed by atoms with E-state index in [2.05, 4.69) is 15.5 Å². The molecule has 1 aromatic heterocycles. The molecule has 28 heavy (non-hydrogen) atoms.